The highest BCUT2D eigenvalue weighted by Gasteiger charge is 2.30. The predicted molar refractivity (Wildman–Crippen MR) is 158 cm³/mol. The van der Waals surface area contributed by atoms with E-state index in [4.69, 9.17) is 16.3 Å². The Balaban J connectivity index is 1.30. The Hall–Kier alpha value is -2.69. The third-order valence-electron chi connectivity index (χ3n) is 7.03. The fourth-order valence-electron chi connectivity index (χ4n) is 4.75. The number of ether oxygens (including phenoxy) is 1. The molecule has 0 unspecified atom stereocenters. The zero-order chi connectivity index (χ0) is 27.6. The average Bonchev–Trinajstić information content (AvgIpc) is 3.36. The van der Waals surface area contributed by atoms with Crippen LogP contribution in [0, 0.1) is 0 Å². The van der Waals surface area contributed by atoms with E-state index in [0.29, 0.717) is 62.1 Å². The molecular weight excluding hydrogens is 602 g/mol. The predicted octanol–water partition coefficient (Wildman–Crippen LogP) is 5.22. The third-order valence-corrected chi connectivity index (χ3v) is 9.93. The van der Waals surface area contributed by atoms with Crippen molar-refractivity contribution in [3.63, 3.8) is 0 Å². The number of fused-ring (bicyclic) bond motifs is 1. The van der Waals surface area contributed by atoms with Crippen LogP contribution >= 0.6 is 27.5 Å². The fourth-order valence-corrected chi connectivity index (χ4v) is 6.80. The minimum atomic E-state index is -3.57. The third kappa shape index (κ3) is 6.23. The largest absolute Gasteiger partial charge is 0.488 e. The van der Waals surface area contributed by atoms with Gasteiger partial charge in [-0.05, 0) is 67.6 Å². The summed E-state index contributed by atoms with van der Waals surface area (Å²) >= 11 is 9.77. The van der Waals surface area contributed by atoms with E-state index in [2.05, 4.69) is 20.8 Å². The van der Waals surface area contributed by atoms with Crippen molar-refractivity contribution in [3.8, 4) is 5.75 Å². The highest BCUT2D eigenvalue weighted by atomic mass is 79.9. The summed E-state index contributed by atoms with van der Waals surface area (Å²) in [5.41, 5.74) is 3.28. The van der Waals surface area contributed by atoms with E-state index in [-0.39, 0.29) is 10.8 Å². The van der Waals surface area contributed by atoms with Crippen LogP contribution in [0.1, 0.15) is 16.7 Å². The molecule has 2 heterocycles. The maximum absolute atomic E-state index is 13.2. The number of carbonyl (C=O) groups is 1. The maximum atomic E-state index is 13.2. The molecule has 7 nitrogen and oxygen atoms in total. The van der Waals surface area contributed by atoms with E-state index in [1.807, 2.05) is 31.3 Å². The lowest BCUT2D eigenvalue weighted by Crippen LogP contribution is -2.47. The van der Waals surface area contributed by atoms with Gasteiger partial charge in [0, 0.05) is 65.1 Å². The Morgan fingerprint density at radius 2 is 1.79 bits per heavy atom. The van der Waals surface area contributed by atoms with Gasteiger partial charge in [0.2, 0.25) is 10.0 Å². The van der Waals surface area contributed by atoms with E-state index in [0.717, 1.165) is 21.3 Å². The highest BCUT2D eigenvalue weighted by Crippen LogP contribution is 2.32. The van der Waals surface area contributed by atoms with Crippen LogP contribution in [0.5, 0.6) is 5.75 Å². The molecule has 0 bridgehead atoms. The van der Waals surface area contributed by atoms with E-state index in [1.165, 1.54) is 10.4 Å². The first-order valence-electron chi connectivity index (χ1n) is 12.7. The topological polar surface area (TPSA) is 70.2 Å². The molecule has 1 fully saturated rings. The summed E-state index contributed by atoms with van der Waals surface area (Å²) in [5.74, 6) is 0.417. The van der Waals surface area contributed by atoms with E-state index >= 15 is 0 Å². The standard InChI is InChI=1S/C29H29BrClN3O4S/c1-32-14-16-33(17-15-32)39(36,37)25-8-9-27-21(19-25)12-13-34(27)29(35)11-6-22-18-24(31)7-10-28(22)38-20-23-4-2-3-5-26(23)30/h2-11,18-19H,12-17,20H2,1H3/b11-6+. The van der Waals surface area contributed by atoms with Crippen LogP contribution in [-0.4, -0.2) is 63.3 Å². The minimum absolute atomic E-state index is 0.194. The number of rotatable bonds is 7. The van der Waals surface area contributed by atoms with Crippen molar-refractivity contribution >= 4 is 55.2 Å². The molecule has 0 radical (unpaired) electrons. The molecule has 0 atom stereocenters. The highest BCUT2D eigenvalue weighted by molar-refractivity contribution is 9.10. The summed E-state index contributed by atoms with van der Waals surface area (Å²) in [5, 5.41) is 0.538. The van der Waals surface area contributed by atoms with Gasteiger partial charge in [-0.15, -0.1) is 0 Å². The Bertz CT molecular complexity index is 1520. The van der Waals surface area contributed by atoms with Gasteiger partial charge in [-0.25, -0.2) is 8.42 Å². The molecule has 2 aliphatic rings. The molecule has 5 rings (SSSR count). The van der Waals surface area contributed by atoms with Crippen LogP contribution < -0.4 is 9.64 Å². The van der Waals surface area contributed by atoms with Crippen molar-refractivity contribution in [3.05, 3.63) is 92.9 Å². The molecular formula is C29H29BrClN3O4S. The second-order valence-corrected chi connectivity index (χ2v) is 12.9. The number of anilines is 1. The zero-order valence-electron chi connectivity index (χ0n) is 21.5. The van der Waals surface area contributed by atoms with Crippen molar-refractivity contribution in [1.29, 1.82) is 0 Å². The average molecular weight is 631 g/mol. The van der Waals surface area contributed by atoms with Crippen molar-refractivity contribution < 1.29 is 17.9 Å². The van der Waals surface area contributed by atoms with Gasteiger partial charge in [-0.2, -0.15) is 4.31 Å². The number of piperazine rings is 1. The lowest BCUT2D eigenvalue weighted by atomic mass is 10.1. The monoisotopic (exact) mass is 629 g/mol. The molecule has 39 heavy (non-hydrogen) atoms. The number of benzene rings is 3. The van der Waals surface area contributed by atoms with E-state index < -0.39 is 10.0 Å². The van der Waals surface area contributed by atoms with Gasteiger partial charge in [0.1, 0.15) is 12.4 Å². The van der Waals surface area contributed by atoms with Crippen LogP contribution in [0.2, 0.25) is 5.02 Å². The minimum Gasteiger partial charge on any atom is -0.488 e. The number of sulfonamides is 1. The van der Waals surface area contributed by atoms with E-state index in [9.17, 15) is 13.2 Å². The number of hydrogen-bond donors (Lipinski definition) is 0. The van der Waals surface area contributed by atoms with Crippen LogP contribution in [0.4, 0.5) is 5.69 Å². The quantitative estimate of drug-likeness (QED) is 0.335. The summed E-state index contributed by atoms with van der Waals surface area (Å²) in [6.07, 6.45) is 3.80. The summed E-state index contributed by atoms with van der Waals surface area (Å²) in [6.45, 7) is 3.21. The van der Waals surface area contributed by atoms with Crippen LogP contribution in [0.25, 0.3) is 6.08 Å². The second-order valence-electron chi connectivity index (χ2n) is 9.63. The molecule has 0 aromatic heterocycles. The molecule has 0 spiro atoms. The molecule has 3 aromatic rings. The van der Waals surface area contributed by atoms with Crippen LogP contribution in [0.15, 0.2) is 76.1 Å². The summed E-state index contributed by atoms with van der Waals surface area (Å²) in [7, 11) is -1.58. The van der Waals surface area contributed by atoms with Gasteiger partial charge < -0.3 is 14.5 Å². The SMILES string of the molecule is CN1CCN(S(=O)(=O)c2ccc3c(c2)CCN3C(=O)/C=C/c2cc(Cl)ccc2OCc2ccccc2Br)CC1. The maximum Gasteiger partial charge on any atom is 0.251 e. The summed E-state index contributed by atoms with van der Waals surface area (Å²) < 4.78 is 34.9. The summed E-state index contributed by atoms with van der Waals surface area (Å²) in [6, 6.07) is 18.2. The molecule has 0 aliphatic carbocycles. The number of halogens is 2. The molecule has 1 amide bonds. The van der Waals surface area contributed by atoms with Gasteiger partial charge in [0.15, 0.2) is 0 Å². The van der Waals surface area contributed by atoms with Gasteiger partial charge in [-0.1, -0.05) is 45.7 Å². The molecule has 0 saturated carbocycles. The van der Waals surface area contributed by atoms with Crippen molar-refractivity contribution in [2.45, 2.75) is 17.9 Å². The first-order chi connectivity index (χ1) is 18.7. The van der Waals surface area contributed by atoms with Crippen LogP contribution in [-0.2, 0) is 27.8 Å². The van der Waals surface area contributed by atoms with Crippen molar-refractivity contribution in [2.24, 2.45) is 0 Å². The first-order valence-corrected chi connectivity index (χ1v) is 15.3. The van der Waals surface area contributed by atoms with Gasteiger partial charge in [0.25, 0.3) is 5.91 Å². The van der Waals surface area contributed by atoms with Gasteiger partial charge >= 0.3 is 0 Å². The Labute approximate surface area is 242 Å². The molecule has 2 aliphatic heterocycles. The lowest BCUT2D eigenvalue weighted by Gasteiger charge is -2.31. The summed E-state index contributed by atoms with van der Waals surface area (Å²) in [4.78, 5) is 17.3. The Morgan fingerprint density at radius 3 is 2.56 bits per heavy atom. The number of likely N-dealkylation sites (N-methyl/N-ethyl adjacent to an activating group) is 1. The normalized spacial score (nSPS) is 16.5. The zero-order valence-corrected chi connectivity index (χ0v) is 24.7. The number of amides is 1. The van der Waals surface area contributed by atoms with Gasteiger partial charge in [-0.3, -0.25) is 4.79 Å². The Kier molecular flexibility index (Phi) is 8.44. The lowest BCUT2D eigenvalue weighted by molar-refractivity contribution is -0.114. The van der Waals surface area contributed by atoms with Gasteiger partial charge in [0.05, 0.1) is 4.90 Å². The van der Waals surface area contributed by atoms with Crippen LogP contribution in [0.3, 0.4) is 0 Å². The number of carbonyl (C=O) groups excluding carboxylic acids is 1. The first kappa shape index (κ1) is 27.9. The second kappa shape index (κ2) is 11.8. The van der Waals surface area contributed by atoms with Crippen molar-refractivity contribution in [2.75, 3.05) is 44.7 Å². The van der Waals surface area contributed by atoms with Crippen molar-refractivity contribution in [1.82, 2.24) is 9.21 Å². The number of hydrogen-bond acceptors (Lipinski definition) is 5. The molecule has 0 N–H and O–H groups in total. The Morgan fingerprint density at radius 1 is 1.03 bits per heavy atom. The molecule has 1 saturated heterocycles. The fraction of sp³-hybridized carbons (Fsp3) is 0.276. The van der Waals surface area contributed by atoms with E-state index in [1.54, 1.807) is 47.4 Å². The number of nitrogens with zero attached hydrogens (tertiary/aromatic N) is 3. The molecule has 3 aromatic carbocycles. The molecule has 204 valence electrons. The molecule has 10 heteroatoms. The smallest absolute Gasteiger partial charge is 0.251 e.